The molecule has 1 rings (SSSR count). The van der Waals surface area contributed by atoms with Crippen LogP contribution in [0.4, 0.5) is 0 Å². The molecule has 1 aromatic rings. The van der Waals surface area contributed by atoms with Gasteiger partial charge < -0.3 is 5.11 Å². The van der Waals surface area contributed by atoms with Gasteiger partial charge in [0, 0.05) is 17.9 Å². The molecule has 0 unspecified atom stereocenters. The van der Waals surface area contributed by atoms with E-state index in [9.17, 15) is 4.79 Å². The van der Waals surface area contributed by atoms with Gasteiger partial charge in [-0.2, -0.15) is 5.26 Å². The van der Waals surface area contributed by atoms with E-state index in [0.29, 0.717) is 6.42 Å². The van der Waals surface area contributed by atoms with Crippen LogP contribution in [0.3, 0.4) is 0 Å². The number of hydrogen-bond donors (Lipinski definition) is 1. The van der Waals surface area contributed by atoms with E-state index in [2.05, 4.69) is 11.8 Å². The summed E-state index contributed by atoms with van der Waals surface area (Å²) in [5.74, 6) is 4.15. The smallest absolute Gasteiger partial charge is 0.303 e. The molecule has 1 aromatic carbocycles. The van der Waals surface area contributed by atoms with E-state index >= 15 is 0 Å². The van der Waals surface area contributed by atoms with Gasteiger partial charge >= 0.3 is 5.97 Å². The highest BCUT2D eigenvalue weighted by Crippen LogP contribution is 2.09. The molecule has 0 aliphatic heterocycles. The zero-order chi connectivity index (χ0) is 11.1. The maximum absolute atomic E-state index is 10.4. The molecule has 0 spiro atoms. The fourth-order valence-electron chi connectivity index (χ4n) is 1.20. The minimum Gasteiger partial charge on any atom is -0.481 e. The van der Waals surface area contributed by atoms with Crippen molar-refractivity contribution in [1.29, 1.82) is 5.26 Å². The van der Waals surface area contributed by atoms with Crippen LogP contribution in [0, 0.1) is 23.2 Å². The van der Waals surface area contributed by atoms with Gasteiger partial charge in [0.2, 0.25) is 0 Å². The summed E-state index contributed by atoms with van der Waals surface area (Å²) in [7, 11) is 0. The first-order chi connectivity index (χ1) is 7.24. The largest absolute Gasteiger partial charge is 0.481 e. The molecule has 0 bridgehead atoms. The first kappa shape index (κ1) is 10.8. The third-order valence-corrected chi connectivity index (χ3v) is 1.88. The Kier molecular flexibility index (Phi) is 3.94. The van der Waals surface area contributed by atoms with E-state index in [0.717, 1.165) is 11.1 Å². The van der Waals surface area contributed by atoms with E-state index in [1.54, 1.807) is 12.1 Å². The molecule has 0 saturated carbocycles. The summed E-state index contributed by atoms with van der Waals surface area (Å²) >= 11 is 0. The number of nitrogens with zero attached hydrogens (tertiary/aromatic N) is 1. The molecular weight excluding hydrogens is 190 g/mol. The first-order valence-corrected chi connectivity index (χ1v) is 4.44. The molecule has 1 N–H and O–H groups in total. The van der Waals surface area contributed by atoms with Crippen LogP contribution < -0.4 is 0 Å². The van der Waals surface area contributed by atoms with Crippen molar-refractivity contribution in [2.24, 2.45) is 0 Å². The Balaban J connectivity index is 2.87. The van der Waals surface area contributed by atoms with Gasteiger partial charge in [-0.1, -0.05) is 24.1 Å². The number of rotatable bonds is 3. The van der Waals surface area contributed by atoms with Gasteiger partial charge in [0.1, 0.15) is 0 Å². The van der Waals surface area contributed by atoms with Crippen LogP contribution >= 0.6 is 0 Å². The van der Waals surface area contributed by atoms with Crippen LogP contribution in [0.1, 0.15) is 17.5 Å². The number of carboxylic acid groups (broad SMARTS) is 1. The highest BCUT2D eigenvalue weighted by molar-refractivity contribution is 5.67. The highest BCUT2D eigenvalue weighted by Gasteiger charge is 2.02. The molecule has 74 valence electrons. The van der Waals surface area contributed by atoms with E-state index in [1.807, 2.05) is 18.2 Å². The van der Waals surface area contributed by atoms with E-state index in [-0.39, 0.29) is 6.42 Å². The predicted molar refractivity (Wildman–Crippen MR) is 54.9 cm³/mol. The maximum Gasteiger partial charge on any atom is 0.303 e. The van der Waals surface area contributed by atoms with Crippen LogP contribution in [0.25, 0.3) is 0 Å². The van der Waals surface area contributed by atoms with Crippen molar-refractivity contribution in [3.8, 4) is 17.9 Å². The summed E-state index contributed by atoms with van der Waals surface area (Å²) in [6.07, 6.45) is 0.511. The van der Waals surface area contributed by atoms with Gasteiger partial charge in [0.25, 0.3) is 0 Å². The van der Waals surface area contributed by atoms with Crippen LogP contribution in [0.5, 0.6) is 0 Å². The van der Waals surface area contributed by atoms with Crippen LogP contribution in [0.2, 0.25) is 0 Å². The normalized spacial score (nSPS) is 8.47. The molecule has 3 nitrogen and oxygen atoms in total. The molecule has 0 aliphatic rings. The minimum atomic E-state index is -0.835. The van der Waals surface area contributed by atoms with Crippen molar-refractivity contribution in [3.05, 3.63) is 35.4 Å². The molecule has 0 amide bonds. The summed E-state index contributed by atoms with van der Waals surface area (Å²) in [6, 6.07) is 8.97. The summed E-state index contributed by atoms with van der Waals surface area (Å²) in [5, 5.41) is 16.9. The third kappa shape index (κ3) is 3.54. The van der Waals surface area contributed by atoms with Crippen LogP contribution in [0.15, 0.2) is 24.3 Å². The van der Waals surface area contributed by atoms with Crippen LogP contribution in [-0.2, 0) is 11.2 Å². The fraction of sp³-hybridized carbons (Fsp3) is 0.167. The molecule has 0 fully saturated rings. The standard InChI is InChI=1S/C12H9NO2/c13-9-3-6-10-4-1-2-5-11(10)7-8-12(14)15/h1-2,4-5H,7-8H2,(H,14,15). The molecule has 0 aliphatic carbocycles. The van der Waals surface area contributed by atoms with E-state index in [4.69, 9.17) is 10.4 Å². The Morgan fingerprint density at radius 2 is 2.13 bits per heavy atom. The molecule has 3 heteroatoms. The molecule has 15 heavy (non-hydrogen) atoms. The third-order valence-electron chi connectivity index (χ3n) is 1.88. The van der Waals surface area contributed by atoms with Crippen LogP contribution in [-0.4, -0.2) is 11.1 Å². The molecule has 0 atom stereocenters. The number of carboxylic acids is 1. The lowest BCUT2D eigenvalue weighted by atomic mass is 10.0. The second kappa shape index (κ2) is 5.47. The van der Waals surface area contributed by atoms with E-state index < -0.39 is 5.97 Å². The van der Waals surface area contributed by atoms with Crippen molar-refractivity contribution >= 4 is 5.97 Å². The molecule has 0 heterocycles. The molecule has 0 saturated heterocycles. The van der Waals surface area contributed by atoms with Crippen molar-refractivity contribution in [3.63, 3.8) is 0 Å². The Hall–Kier alpha value is -2.26. The highest BCUT2D eigenvalue weighted by atomic mass is 16.4. The quantitative estimate of drug-likeness (QED) is 0.752. The SMILES string of the molecule is N#CC#Cc1ccccc1CCC(=O)O. The summed E-state index contributed by atoms with van der Waals surface area (Å²) in [6.45, 7) is 0. The van der Waals surface area contributed by atoms with Crippen molar-refractivity contribution in [1.82, 2.24) is 0 Å². The molecular formula is C12H9NO2. The lowest BCUT2D eigenvalue weighted by molar-refractivity contribution is -0.136. The van der Waals surface area contributed by atoms with Gasteiger partial charge in [0.05, 0.1) is 0 Å². The van der Waals surface area contributed by atoms with Crippen molar-refractivity contribution in [2.45, 2.75) is 12.8 Å². The summed E-state index contributed by atoms with van der Waals surface area (Å²) in [4.78, 5) is 10.4. The average molecular weight is 199 g/mol. The maximum atomic E-state index is 10.4. The number of carbonyl (C=O) groups is 1. The number of aliphatic carboxylic acids is 1. The second-order valence-electron chi connectivity index (χ2n) is 2.91. The molecule has 0 aromatic heterocycles. The number of aryl methyl sites for hydroxylation is 1. The summed E-state index contributed by atoms with van der Waals surface area (Å²) < 4.78 is 0. The van der Waals surface area contributed by atoms with Crippen molar-refractivity contribution in [2.75, 3.05) is 0 Å². The number of nitriles is 1. The number of hydrogen-bond acceptors (Lipinski definition) is 2. The first-order valence-electron chi connectivity index (χ1n) is 4.44. The second-order valence-corrected chi connectivity index (χ2v) is 2.91. The monoisotopic (exact) mass is 199 g/mol. The molecule has 0 radical (unpaired) electrons. The van der Waals surface area contributed by atoms with E-state index in [1.165, 1.54) is 0 Å². The number of benzene rings is 1. The minimum absolute atomic E-state index is 0.0746. The average Bonchev–Trinajstić information content (AvgIpc) is 2.24. The van der Waals surface area contributed by atoms with Gasteiger partial charge in [0.15, 0.2) is 6.07 Å². The van der Waals surface area contributed by atoms with Gasteiger partial charge in [-0.3, -0.25) is 4.79 Å². The van der Waals surface area contributed by atoms with Gasteiger partial charge in [-0.25, -0.2) is 0 Å². The zero-order valence-electron chi connectivity index (χ0n) is 8.03. The fourth-order valence-corrected chi connectivity index (χ4v) is 1.20. The van der Waals surface area contributed by atoms with Gasteiger partial charge in [-0.15, -0.1) is 0 Å². The Bertz CT molecular complexity index is 460. The lowest BCUT2D eigenvalue weighted by Crippen LogP contribution is -1.98. The topological polar surface area (TPSA) is 61.1 Å². The Morgan fingerprint density at radius 3 is 2.80 bits per heavy atom. The summed E-state index contributed by atoms with van der Waals surface area (Å²) in [5.41, 5.74) is 1.59. The predicted octanol–water partition coefficient (Wildman–Crippen LogP) is 1.58. The van der Waals surface area contributed by atoms with Crippen molar-refractivity contribution < 1.29 is 9.90 Å². The Morgan fingerprint density at radius 1 is 1.40 bits per heavy atom. The zero-order valence-corrected chi connectivity index (χ0v) is 8.03. The Labute approximate surface area is 88.0 Å². The van der Waals surface area contributed by atoms with Gasteiger partial charge in [-0.05, 0) is 18.1 Å². The lowest BCUT2D eigenvalue weighted by Gasteiger charge is -2.01.